The molecular formula is C26H25ClN2O3S. The molecule has 2 atom stereocenters. The Hall–Kier alpha value is -2.38. The lowest BCUT2D eigenvalue weighted by molar-refractivity contribution is 0.149. The lowest BCUT2D eigenvalue weighted by Gasteiger charge is -2.28. The van der Waals surface area contributed by atoms with Crippen molar-refractivity contribution < 1.29 is 14.3 Å². The summed E-state index contributed by atoms with van der Waals surface area (Å²) in [7, 11) is 0. The number of ether oxygens (including phenoxy) is 1. The third-order valence-corrected chi connectivity index (χ3v) is 8.16. The van der Waals surface area contributed by atoms with Crippen molar-refractivity contribution in [1.82, 2.24) is 10.3 Å². The van der Waals surface area contributed by atoms with Crippen molar-refractivity contribution in [3.05, 3.63) is 69.1 Å². The second-order valence-electron chi connectivity index (χ2n) is 8.76. The van der Waals surface area contributed by atoms with E-state index in [2.05, 4.69) is 10.3 Å². The highest BCUT2D eigenvalue weighted by atomic mass is 35.5. The number of aliphatic hydroxyl groups is 1. The zero-order chi connectivity index (χ0) is 22.5. The molecule has 0 fully saturated rings. The number of halogens is 1. The number of hydrogen-bond donors (Lipinski definition) is 2. The quantitative estimate of drug-likeness (QED) is 0.355. The summed E-state index contributed by atoms with van der Waals surface area (Å²) in [4.78, 5) is 5.47. The Balaban J connectivity index is 1.45. The van der Waals surface area contributed by atoms with Crippen LogP contribution in [0.15, 0.2) is 41.1 Å². The van der Waals surface area contributed by atoms with Crippen molar-refractivity contribution in [2.75, 3.05) is 6.54 Å². The molecule has 5 nitrogen and oxygen atoms in total. The minimum atomic E-state index is -0.482. The number of rotatable bonds is 4. The summed E-state index contributed by atoms with van der Waals surface area (Å²) in [6.07, 6.45) is 6.48. The van der Waals surface area contributed by atoms with Crippen LogP contribution in [-0.2, 0) is 19.4 Å². The third kappa shape index (κ3) is 3.66. The van der Waals surface area contributed by atoms with Crippen molar-refractivity contribution in [2.24, 2.45) is 0 Å². The topological polar surface area (TPSA) is 67.5 Å². The van der Waals surface area contributed by atoms with Gasteiger partial charge in [0.25, 0.3) is 0 Å². The monoisotopic (exact) mass is 480 g/mol. The minimum absolute atomic E-state index is 0.126. The summed E-state index contributed by atoms with van der Waals surface area (Å²) in [6, 6.07) is 7.99. The molecular weight excluding hydrogens is 456 g/mol. The Labute approximate surface area is 201 Å². The molecule has 5 heterocycles. The summed E-state index contributed by atoms with van der Waals surface area (Å²) in [5, 5.41) is 14.5. The third-order valence-electron chi connectivity index (χ3n) is 6.68. The molecule has 6 rings (SSSR count). The maximum atomic E-state index is 10.4. The van der Waals surface area contributed by atoms with Gasteiger partial charge < -0.3 is 19.6 Å². The Morgan fingerprint density at radius 2 is 2.15 bits per heavy atom. The molecule has 4 aromatic rings. The summed E-state index contributed by atoms with van der Waals surface area (Å²) >= 11 is 8.14. The SMILES string of the molecule is CCC(O)c1cc2nccc(-c3cc(Cl)cc4c3OC(c3occ5c3CNCC5)CC4)c2s1. The molecule has 170 valence electrons. The van der Waals surface area contributed by atoms with Crippen LogP contribution in [0.4, 0.5) is 0 Å². The highest BCUT2D eigenvalue weighted by Gasteiger charge is 2.31. The number of furan rings is 1. The number of hydrogen-bond acceptors (Lipinski definition) is 6. The van der Waals surface area contributed by atoms with Gasteiger partial charge in [0.15, 0.2) is 6.10 Å². The van der Waals surface area contributed by atoms with E-state index in [4.69, 9.17) is 20.8 Å². The predicted molar refractivity (Wildman–Crippen MR) is 131 cm³/mol. The van der Waals surface area contributed by atoms with E-state index in [1.54, 1.807) is 11.3 Å². The number of aromatic nitrogens is 1. The van der Waals surface area contributed by atoms with Gasteiger partial charge in [-0.05, 0) is 67.6 Å². The van der Waals surface area contributed by atoms with Crippen LogP contribution in [0.2, 0.25) is 5.02 Å². The van der Waals surface area contributed by atoms with E-state index in [-0.39, 0.29) is 6.10 Å². The van der Waals surface area contributed by atoms with Gasteiger partial charge in [-0.1, -0.05) is 18.5 Å². The summed E-state index contributed by atoms with van der Waals surface area (Å²) in [6.45, 7) is 3.79. The lowest BCUT2D eigenvalue weighted by Crippen LogP contribution is -2.25. The van der Waals surface area contributed by atoms with Gasteiger partial charge >= 0.3 is 0 Å². The number of aryl methyl sites for hydroxylation is 1. The number of benzene rings is 1. The second-order valence-corrected chi connectivity index (χ2v) is 10.3. The van der Waals surface area contributed by atoms with Gasteiger partial charge in [0.1, 0.15) is 11.5 Å². The number of thiophene rings is 1. The number of nitrogens with one attached hydrogen (secondary N) is 1. The zero-order valence-electron chi connectivity index (χ0n) is 18.4. The predicted octanol–water partition coefficient (Wildman–Crippen LogP) is 6.37. The molecule has 0 spiro atoms. The van der Waals surface area contributed by atoms with E-state index in [0.717, 1.165) is 75.6 Å². The van der Waals surface area contributed by atoms with Crippen molar-refractivity contribution >= 4 is 33.2 Å². The molecule has 0 bridgehead atoms. The van der Waals surface area contributed by atoms with Gasteiger partial charge in [-0.25, -0.2) is 0 Å². The van der Waals surface area contributed by atoms with Crippen LogP contribution < -0.4 is 10.1 Å². The number of nitrogens with zero attached hydrogens (tertiary/aromatic N) is 1. The van der Waals surface area contributed by atoms with Gasteiger partial charge in [-0.2, -0.15) is 0 Å². The van der Waals surface area contributed by atoms with Gasteiger partial charge in [0.05, 0.1) is 22.6 Å². The Bertz CT molecular complexity index is 1350. The van der Waals surface area contributed by atoms with Crippen LogP contribution in [-0.4, -0.2) is 16.6 Å². The molecule has 2 aliphatic rings. The molecule has 2 unspecified atom stereocenters. The maximum absolute atomic E-state index is 10.4. The molecule has 3 aromatic heterocycles. The molecule has 33 heavy (non-hydrogen) atoms. The van der Waals surface area contributed by atoms with E-state index in [1.807, 2.05) is 43.6 Å². The Kier molecular flexibility index (Phi) is 5.41. The molecule has 1 aromatic carbocycles. The van der Waals surface area contributed by atoms with Crippen LogP contribution in [0.25, 0.3) is 21.3 Å². The smallest absolute Gasteiger partial charge is 0.157 e. The first kappa shape index (κ1) is 21.2. The number of fused-ring (bicyclic) bond motifs is 3. The highest BCUT2D eigenvalue weighted by molar-refractivity contribution is 7.19. The normalized spacial score (nSPS) is 18.6. The van der Waals surface area contributed by atoms with E-state index in [1.165, 1.54) is 11.1 Å². The van der Waals surface area contributed by atoms with Crippen molar-refractivity contribution in [2.45, 2.75) is 51.4 Å². The van der Waals surface area contributed by atoms with Crippen molar-refractivity contribution in [1.29, 1.82) is 0 Å². The van der Waals surface area contributed by atoms with Crippen LogP contribution in [0.3, 0.4) is 0 Å². The van der Waals surface area contributed by atoms with Crippen LogP contribution in [0.1, 0.15) is 59.3 Å². The molecule has 0 saturated carbocycles. The van der Waals surface area contributed by atoms with Gasteiger partial charge in [-0.15, -0.1) is 11.3 Å². The summed E-state index contributed by atoms with van der Waals surface area (Å²) < 4.78 is 13.7. The second kappa shape index (κ2) is 8.44. The molecule has 0 saturated heterocycles. The van der Waals surface area contributed by atoms with E-state index in [9.17, 15) is 5.11 Å². The van der Waals surface area contributed by atoms with Crippen molar-refractivity contribution in [3.63, 3.8) is 0 Å². The van der Waals surface area contributed by atoms with Gasteiger partial charge in [0, 0.05) is 39.3 Å². The molecule has 0 aliphatic carbocycles. The fourth-order valence-electron chi connectivity index (χ4n) is 4.93. The molecule has 7 heteroatoms. The number of pyridine rings is 1. The van der Waals surface area contributed by atoms with Crippen LogP contribution in [0.5, 0.6) is 5.75 Å². The standard InChI is InChI=1S/C26H25ClN2O3S/c1-2-21(30)23-11-20-26(33-23)17(6-8-29-20)18-10-16(27)9-14-3-4-22(32-24(14)18)25-19-12-28-7-5-15(19)13-31-25/h6,8-11,13,21-22,28,30H,2-5,7,12H2,1H3. The van der Waals surface area contributed by atoms with Crippen LogP contribution >= 0.6 is 22.9 Å². The number of aliphatic hydroxyl groups excluding tert-OH is 1. The lowest BCUT2D eigenvalue weighted by atomic mass is 9.93. The summed E-state index contributed by atoms with van der Waals surface area (Å²) in [5.74, 6) is 1.80. The molecule has 0 amide bonds. The molecule has 2 N–H and O–H groups in total. The van der Waals surface area contributed by atoms with E-state index in [0.29, 0.717) is 11.4 Å². The fraction of sp³-hybridized carbons (Fsp3) is 0.346. The summed E-state index contributed by atoms with van der Waals surface area (Å²) in [5.41, 5.74) is 6.52. The van der Waals surface area contributed by atoms with Crippen molar-refractivity contribution in [3.8, 4) is 16.9 Å². The first-order valence-corrected chi connectivity index (χ1v) is 12.7. The Morgan fingerprint density at radius 3 is 3.03 bits per heavy atom. The molecule has 0 radical (unpaired) electrons. The average Bonchev–Trinajstić information content (AvgIpc) is 3.47. The highest BCUT2D eigenvalue weighted by Crippen LogP contribution is 2.47. The largest absolute Gasteiger partial charge is 0.482 e. The Morgan fingerprint density at radius 1 is 1.24 bits per heavy atom. The van der Waals surface area contributed by atoms with Gasteiger partial charge in [-0.3, -0.25) is 4.98 Å². The van der Waals surface area contributed by atoms with Gasteiger partial charge in [0.2, 0.25) is 0 Å². The maximum Gasteiger partial charge on any atom is 0.157 e. The van der Waals surface area contributed by atoms with E-state index < -0.39 is 6.10 Å². The minimum Gasteiger partial charge on any atom is -0.482 e. The van der Waals surface area contributed by atoms with Crippen LogP contribution in [0, 0.1) is 0 Å². The zero-order valence-corrected chi connectivity index (χ0v) is 19.9. The first-order valence-electron chi connectivity index (χ1n) is 11.5. The molecule has 2 aliphatic heterocycles. The van der Waals surface area contributed by atoms with E-state index >= 15 is 0 Å². The first-order chi connectivity index (χ1) is 16.1. The average molecular weight is 481 g/mol. The fourth-order valence-corrected chi connectivity index (χ4v) is 6.39.